The van der Waals surface area contributed by atoms with Crippen LogP contribution in [0.15, 0.2) is 48.1 Å². The Morgan fingerprint density at radius 3 is 2.32 bits per heavy atom. The Balaban J connectivity index is 2.12. The van der Waals surface area contributed by atoms with Crippen LogP contribution in [0.5, 0.6) is 0 Å². The highest BCUT2D eigenvalue weighted by atomic mass is 19.4. The molecule has 2 unspecified atom stereocenters. The second-order valence-electron chi connectivity index (χ2n) is 4.26. The molecular formula is C13H11BF3NO. The van der Waals surface area contributed by atoms with Gasteiger partial charge in [-0.2, -0.15) is 13.2 Å². The molecule has 98 valence electrons. The van der Waals surface area contributed by atoms with Gasteiger partial charge in [-0.1, -0.05) is 29.8 Å². The molecule has 2 radical (unpaired) electrons. The molecule has 0 saturated heterocycles. The first-order valence-corrected chi connectivity index (χ1v) is 5.63. The van der Waals surface area contributed by atoms with Crippen LogP contribution in [0.4, 0.5) is 13.2 Å². The second-order valence-corrected chi connectivity index (χ2v) is 4.26. The van der Waals surface area contributed by atoms with Gasteiger partial charge in [0.25, 0.3) is 0 Å². The number of hydrogen-bond donors (Lipinski definition) is 2. The maximum absolute atomic E-state index is 12.4. The van der Waals surface area contributed by atoms with E-state index in [1.54, 1.807) is 12.2 Å². The standard InChI is InChI=1S/C13H11BF3NO/c14-10-5-6-11(18-7-10)12(19)8-1-3-9(4-2-8)13(15,16)17/h1-7,11-12,18-19H. The molecule has 1 aliphatic rings. The molecule has 0 amide bonds. The fraction of sp³-hybridized carbons (Fsp3) is 0.231. The number of aliphatic hydroxyl groups is 1. The first-order valence-electron chi connectivity index (χ1n) is 5.63. The van der Waals surface area contributed by atoms with Crippen molar-refractivity contribution in [3.8, 4) is 0 Å². The van der Waals surface area contributed by atoms with Crippen LogP contribution in [0.25, 0.3) is 0 Å². The Kier molecular flexibility index (Phi) is 3.71. The lowest BCUT2D eigenvalue weighted by atomic mass is 9.91. The number of benzene rings is 1. The number of alkyl halides is 3. The van der Waals surface area contributed by atoms with Crippen LogP contribution in [-0.2, 0) is 6.18 Å². The van der Waals surface area contributed by atoms with Crippen molar-refractivity contribution in [1.82, 2.24) is 5.32 Å². The Labute approximate surface area is 110 Å². The average Bonchev–Trinajstić information content (AvgIpc) is 2.38. The highest BCUT2D eigenvalue weighted by Crippen LogP contribution is 2.30. The van der Waals surface area contributed by atoms with Crippen molar-refractivity contribution >= 4 is 7.85 Å². The Hall–Kier alpha value is -1.69. The van der Waals surface area contributed by atoms with Crippen molar-refractivity contribution in [2.24, 2.45) is 0 Å². The first-order chi connectivity index (χ1) is 8.88. The highest BCUT2D eigenvalue weighted by Gasteiger charge is 2.30. The van der Waals surface area contributed by atoms with E-state index in [1.807, 2.05) is 0 Å². The minimum Gasteiger partial charge on any atom is -0.386 e. The lowest BCUT2D eigenvalue weighted by Gasteiger charge is -2.24. The largest absolute Gasteiger partial charge is 0.416 e. The lowest BCUT2D eigenvalue weighted by molar-refractivity contribution is -0.137. The predicted molar refractivity (Wildman–Crippen MR) is 66.3 cm³/mol. The lowest BCUT2D eigenvalue weighted by Crippen LogP contribution is -2.31. The molecule has 19 heavy (non-hydrogen) atoms. The van der Waals surface area contributed by atoms with E-state index < -0.39 is 23.9 Å². The van der Waals surface area contributed by atoms with Gasteiger partial charge in [-0.15, -0.1) is 0 Å². The van der Waals surface area contributed by atoms with Gasteiger partial charge < -0.3 is 10.4 Å². The molecule has 2 rings (SSSR count). The van der Waals surface area contributed by atoms with Crippen molar-refractivity contribution in [3.63, 3.8) is 0 Å². The van der Waals surface area contributed by atoms with Gasteiger partial charge >= 0.3 is 6.18 Å². The summed E-state index contributed by atoms with van der Waals surface area (Å²) in [5, 5.41) is 12.9. The van der Waals surface area contributed by atoms with Crippen molar-refractivity contribution in [1.29, 1.82) is 0 Å². The van der Waals surface area contributed by atoms with E-state index in [1.165, 1.54) is 18.3 Å². The van der Waals surface area contributed by atoms with Gasteiger partial charge in [0.1, 0.15) is 14.0 Å². The number of dihydropyridines is 1. The molecular weight excluding hydrogens is 254 g/mol. The molecule has 1 aromatic rings. The third kappa shape index (κ3) is 3.20. The quantitative estimate of drug-likeness (QED) is 0.804. The second kappa shape index (κ2) is 5.13. The summed E-state index contributed by atoms with van der Waals surface area (Å²) in [6.07, 6.45) is -0.476. The zero-order valence-electron chi connectivity index (χ0n) is 9.85. The summed E-state index contributed by atoms with van der Waals surface area (Å²) in [5.74, 6) is 0. The molecule has 2 N–H and O–H groups in total. The monoisotopic (exact) mass is 265 g/mol. The van der Waals surface area contributed by atoms with Crippen LogP contribution in [0, 0.1) is 0 Å². The number of allylic oxidation sites excluding steroid dienone is 2. The van der Waals surface area contributed by atoms with Gasteiger partial charge in [0, 0.05) is 0 Å². The molecule has 6 heteroatoms. The highest BCUT2D eigenvalue weighted by molar-refractivity contribution is 6.23. The summed E-state index contributed by atoms with van der Waals surface area (Å²) in [5.41, 5.74) is 0.194. The Morgan fingerprint density at radius 2 is 1.84 bits per heavy atom. The molecule has 0 aliphatic carbocycles. The van der Waals surface area contributed by atoms with E-state index >= 15 is 0 Å². The zero-order chi connectivity index (χ0) is 14.0. The first kappa shape index (κ1) is 13.7. The third-order valence-corrected chi connectivity index (χ3v) is 2.86. The SMILES string of the molecule is [B]C1=CNC(C(O)c2ccc(C(F)(F)F)cc2)C=C1. The predicted octanol–water partition coefficient (Wildman–Crippen LogP) is 2.28. The van der Waals surface area contributed by atoms with Gasteiger partial charge in [0.15, 0.2) is 0 Å². The summed E-state index contributed by atoms with van der Waals surface area (Å²) < 4.78 is 37.2. The zero-order valence-corrected chi connectivity index (χ0v) is 9.85. The number of halogens is 3. The molecule has 0 spiro atoms. The minimum atomic E-state index is -4.37. The smallest absolute Gasteiger partial charge is 0.386 e. The van der Waals surface area contributed by atoms with Gasteiger partial charge in [-0.25, -0.2) is 0 Å². The van der Waals surface area contributed by atoms with Gasteiger partial charge in [-0.3, -0.25) is 0 Å². The van der Waals surface area contributed by atoms with E-state index in [9.17, 15) is 18.3 Å². The molecule has 0 fully saturated rings. The Morgan fingerprint density at radius 1 is 1.21 bits per heavy atom. The van der Waals surface area contributed by atoms with Crippen molar-refractivity contribution in [2.75, 3.05) is 0 Å². The van der Waals surface area contributed by atoms with Crippen molar-refractivity contribution in [3.05, 3.63) is 59.2 Å². The maximum atomic E-state index is 12.4. The summed E-state index contributed by atoms with van der Waals surface area (Å²) in [6, 6.07) is 4.03. The molecule has 1 aliphatic heterocycles. The Bertz CT molecular complexity index is 508. The summed E-state index contributed by atoms with van der Waals surface area (Å²) in [7, 11) is 5.51. The van der Waals surface area contributed by atoms with Crippen LogP contribution in [0.2, 0.25) is 0 Å². The van der Waals surface area contributed by atoms with E-state index in [0.29, 0.717) is 11.0 Å². The molecule has 1 heterocycles. The summed E-state index contributed by atoms with van der Waals surface area (Å²) >= 11 is 0. The van der Waals surface area contributed by atoms with Crippen LogP contribution < -0.4 is 5.32 Å². The summed E-state index contributed by atoms with van der Waals surface area (Å²) in [4.78, 5) is 0. The van der Waals surface area contributed by atoms with Crippen LogP contribution >= 0.6 is 0 Å². The molecule has 0 bridgehead atoms. The number of hydrogen-bond acceptors (Lipinski definition) is 2. The van der Waals surface area contributed by atoms with Crippen molar-refractivity contribution in [2.45, 2.75) is 18.3 Å². The average molecular weight is 265 g/mol. The fourth-order valence-corrected chi connectivity index (χ4v) is 1.78. The van der Waals surface area contributed by atoms with Gasteiger partial charge in [0.2, 0.25) is 0 Å². The van der Waals surface area contributed by atoms with E-state index in [0.717, 1.165) is 12.1 Å². The number of rotatable bonds is 2. The van der Waals surface area contributed by atoms with Crippen molar-refractivity contribution < 1.29 is 18.3 Å². The molecule has 2 nitrogen and oxygen atoms in total. The molecule has 1 aromatic carbocycles. The molecule has 0 aromatic heterocycles. The fourth-order valence-electron chi connectivity index (χ4n) is 1.78. The van der Waals surface area contributed by atoms with Crippen LogP contribution in [0.1, 0.15) is 17.2 Å². The van der Waals surface area contributed by atoms with Crippen LogP contribution in [0.3, 0.4) is 0 Å². The number of nitrogens with one attached hydrogen (secondary N) is 1. The topological polar surface area (TPSA) is 32.3 Å². The molecule has 2 atom stereocenters. The third-order valence-electron chi connectivity index (χ3n) is 2.86. The van der Waals surface area contributed by atoms with Gasteiger partial charge in [-0.05, 0) is 23.9 Å². The van der Waals surface area contributed by atoms with E-state index in [-0.39, 0.29) is 0 Å². The minimum absolute atomic E-state index is 0.407. The van der Waals surface area contributed by atoms with E-state index in [4.69, 9.17) is 7.85 Å². The molecule has 0 saturated carbocycles. The van der Waals surface area contributed by atoms with Crippen LogP contribution in [-0.4, -0.2) is 19.0 Å². The normalized spacial score (nSPS) is 20.6. The van der Waals surface area contributed by atoms with E-state index in [2.05, 4.69) is 5.32 Å². The maximum Gasteiger partial charge on any atom is 0.416 e. The van der Waals surface area contributed by atoms with Gasteiger partial charge in [0.05, 0.1) is 11.6 Å². The number of aliphatic hydroxyl groups excluding tert-OH is 1. The summed E-state index contributed by atoms with van der Waals surface area (Å²) in [6.45, 7) is 0.